The standard InChI is InChI=1S/C18H27N3O/c1-12-7-8-15(10-13(12)2)16-11-17(20-19-16)18(22)21-9-5-4-6-14(21)3/h7-8,10,14,16-17,19-20H,4-6,9,11H2,1-3H3. The fourth-order valence-corrected chi connectivity index (χ4v) is 3.54. The molecule has 0 spiro atoms. The Labute approximate surface area is 133 Å². The number of carbonyl (C=O) groups excluding carboxylic acids is 1. The molecule has 3 unspecified atom stereocenters. The Balaban J connectivity index is 1.66. The third-order valence-electron chi connectivity index (χ3n) is 5.22. The summed E-state index contributed by atoms with van der Waals surface area (Å²) in [6.45, 7) is 7.34. The second-order valence-electron chi connectivity index (χ2n) is 6.85. The molecular weight excluding hydrogens is 274 g/mol. The average molecular weight is 301 g/mol. The van der Waals surface area contributed by atoms with Gasteiger partial charge in [0.05, 0.1) is 0 Å². The fourth-order valence-electron chi connectivity index (χ4n) is 3.54. The van der Waals surface area contributed by atoms with Crippen molar-refractivity contribution in [3.8, 4) is 0 Å². The van der Waals surface area contributed by atoms with Crippen LogP contribution in [0.3, 0.4) is 0 Å². The second-order valence-corrected chi connectivity index (χ2v) is 6.85. The van der Waals surface area contributed by atoms with Gasteiger partial charge >= 0.3 is 0 Å². The Morgan fingerprint density at radius 3 is 2.73 bits per heavy atom. The van der Waals surface area contributed by atoms with Gasteiger partial charge in [-0.05, 0) is 63.1 Å². The molecule has 3 rings (SSSR count). The smallest absolute Gasteiger partial charge is 0.241 e. The van der Waals surface area contributed by atoms with Gasteiger partial charge in [-0.1, -0.05) is 18.2 Å². The molecule has 120 valence electrons. The topological polar surface area (TPSA) is 44.4 Å². The highest BCUT2D eigenvalue weighted by atomic mass is 16.2. The van der Waals surface area contributed by atoms with E-state index in [1.807, 2.05) is 0 Å². The molecule has 0 bridgehead atoms. The highest BCUT2D eigenvalue weighted by Gasteiger charge is 2.35. The molecule has 2 aliphatic heterocycles. The molecule has 22 heavy (non-hydrogen) atoms. The van der Waals surface area contributed by atoms with Gasteiger partial charge in [0.1, 0.15) is 6.04 Å². The number of hydrogen-bond acceptors (Lipinski definition) is 3. The minimum Gasteiger partial charge on any atom is -0.339 e. The zero-order valence-electron chi connectivity index (χ0n) is 13.9. The molecule has 0 aromatic heterocycles. The van der Waals surface area contributed by atoms with Crippen molar-refractivity contribution in [2.75, 3.05) is 6.54 Å². The van der Waals surface area contributed by atoms with Gasteiger partial charge in [-0.25, -0.2) is 10.9 Å². The van der Waals surface area contributed by atoms with Crippen LogP contribution in [-0.2, 0) is 4.79 Å². The molecule has 4 heteroatoms. The number of benzene rings is 1. The molecule has 2 N–H and O–H groups in total. The second kappa shape index (κ2) is 6.39. The van der Waals surface area contributed by atoms with Crippen molar-refractivity contribution in [2.45, 2.75) is 64.6 Å². The molecule has 0 aliphatic carbocycles. The SMILES string of the molecule is Cc1ccc(C2CC(C(=O)N3CCCCC3C)NN2)cc1C. The first-order valence-electron chi connectivity index (χ1n) is 8.45. The normalized spacial score (nSPS) is 28.9. The summed E-state index contributed by atoms with van der Waals surface area (Å²) in [6, 6.07) is 7.04. The quantitative estimate of drug-likeness (QED) is 0.882. The van der Waals surface area contributed by atoms with E-state index in [1.165, 1.54) is 23.1 Å². The van der Waals surface area contributed by atoms with E-state index < -0.39 is 0 Å². The van der Waals surface area contributed by atoms with Crippen molar-refractivity contribution in [3.05, 3.63) is 34.9 Å². The van der Waals surface area contributed by atoms with Crippen LogP contribution in [0.15, 0.2) is 18.2 Å². The van der Waals surface area contributed by atoms with E-state index in [9.17, 15) is 4.79 Å². The number of nitrogens with zero attached hydrogens (tertiary/aromatic N) is 1. The van der Waals surface area contributed by atoms with E-state index in [-0.39, 0.29) is 18.0 Å². The van der Waals surface area contributed by atoms with Crippen molar-refractivity contribution in [2.24, 2.45) is 0 Å². The van der Waals surface area contributed by atoms with Crippen LogP contribution in [0.1, 0.15) is 55.3 Å². The zero-order valence-corrected chi connectivity index (χ0v) is 13.9. The minimum atomic E-state index is -0.104. The minimum absolute atomic E-state index is 0.104. The lowest BCUT2D eigenvalue weighted by atomic mass is 9.97. The van der Waals surface area contributed by atoms with Gasteiger partial charge < -0.3 is 4.90 Å². The van der Waals surface area contributed by atoms with E-state index >= 15 is 0 Å². The van der Waals surface area contributed by atoms with Crippen LogP contribution in [0.4, 0.5) is 0 Å². The first kappa shape index (κ1) is 15.5. The molecule has 4 nitrogen and oxygen atoms in total. The fraction of sp³-hybridized carbons (Fsp3) is 0.611. The van der Waals surface area contributed by atoms with Crippen molar-refractivity contribution in [1.29, 1.82) is 0 Å². The molecule has 1 amide bonds. The number of amides is 1. The summed E-state index contributed by atoms with van der Waals surface area (Å²) in [4.78, 5) is 14.8. The molecule has 0 radical (unpaired) electrons. The van der Waals surface area contributed by atoms with Gasteiger partial charge in [-0.2, -0.15) is 0 Å². The average Bonchev–Trinajstić information content (AvgIpc) is 3.00. The molecule has 1 aromatic rings. The summed E-state index contributed by atoms with van der Waals surface area (Å²) in [5, 5.41) is 0. The summed E-state index contributed by atoms with van der Waals surface area (Å²) in [5.74, 6) is 0.256. The van der Waals surface area contributed by atoms with Gasteiger partial charge in [-0.3, -0.25) is 4.79 Å². The molecule has 3 atom stereocenters. The Kier molecular flexibility index (Phi) is 4.50. The van der Waals surface area contributed by atoms with Crippen molar-refractivity contribution in [3.63, 3.8) is 0 Å². The van der Waals surface area contributed by atoms with Crippen LogP contribution in [-0.4, -0.2) is 29.4 Å². The van der Waals surface area contributed by atoms with Crippen LogP contribution < -0.4 is 10.9 Å². The van der Waals surface area contributed by atoms with E-state index in [2.05, 4.69) is 54.7 Å². The first-order valence-corrected chi connectivity index (χ1v) is 8.45. The van der Waals surface area contributed by atoms with Crippen LogP contribution >= 0.6 is 0 Å². The van der Waals surface area contributed by atoms with Crippen molar-refractivity contribution in [1.82, 2.24) is 15.8 Å². The third kappa shape index (κ3) is 3.03. The van der Waals surface area contributed by atoms with E-state index in [1.54, 1.807) is 0 Å². The lowest BCUT2D eigenvalue weighted by molar-refractivity contribution is -0.136. The number of rotatable bonds is 2. The summed E-state index contributed by atoms with van der Waals surface area (Å²) >= 11 is 0. The number of likely N-dealkylation sites (tertiary alicyclic amines) is 1. The monoisotopic (exact) mass is 301 g/mol. The Bertz CT molecular complexity index is 557. The van der Waals surface area contributed by atoms with Crippen LogP contribution in [0, 0.1) is 13.8 Å². The summed E-state index contributed by atoms with van der Waals surface area (Å²) in [6.07, 6.45) is 4.33. The molecule has 2 saturated heterocycles. The molecule has 0 saturated carbocycles. The first-order chi connectivity index (χ1) is 10.6. The van der Waals surface area contributed by atoms with Gasteiger partial charge in [0.25, 0.3) is 0 Å². The van der Waals surface area contributed by atoms with Gasteiger partial charge in [0.2, 0.25) is 5.91 Å². The zero-order chi connectivity index (χ0) is 15.7. The Morgan fingerprint density at radius 2 is 2.00 bits per heavy atom. The number of carbonyl (C=O) groups is 1. The highest BCUT2D eigenvalue weighted by Crippen LogP contribution is 2.26. The van der Waals surface area contributed by atoms with Crippen LogP contribution in [0.5, 0.6) is 0 Å². The third-order valence-corrected chi connectivity index (χ3v) is 5.22. The van der Waals surface area contributed by atoms with Crippen molar-refractivity contribution < 1.29 is 4.79 Å². The lowest BCUT2D eigenvalue weighted by Gasteiger charge is -2.35. The van der Waals surface area contributed by atoms with Crippen LogP contribution in [0.25, 0.3) is 0 Å². The Hall–Kier alpha value is -1.39. The lowest BCUT2D eigenvalue weighted by Crippen LogP contribution is -2.50. The maximum absolute atomic E-state index is 12.7. The number of hydrazine groups is 1. The maximum atomic E-state index is 12.7. The van der Waals surface area contributed by atoms with E-state index in [0.717, 1.165) is 25.8 Å². The highest BCUT2D eigenvalue weighted by molar-refractivity contribution is 5.82. The number of aryl methyl sites for hydroxylation is 2. The number of hydrogen-bond donors (Lipinski definition) is 2. The predicted molar refractivity (Wildman–Crippen MR) is 88.4 cm³/mol. The molecule has 2 aliphatic rings. The summed E-state index contributed by atoms with van der Waals surface area (Å²) < 4.78 is 0. The predicted octanol–water partition coefficient (Wildman–Crippen LogP) is 2.61. The summed E-state index contributed by atoms with van der Waals surface area (Å²) in [5.41, 5.74) is 10.4. The molecule has 2 fully saturated rings. The maximum Gasteiger partial charge on any atom is 0.241 e. The molecule has 2 heterocycles. The Morgan fingerprint density at radius 1 is 1.18 bits per heavy atom. The van der Waals surface area contributed by atoms with Crippen molar-refractivity contribution >= 4 is 5.91 Å². The van der Waals surface area contributed by atoms with Gasteiger partial charge in [0.15, 0.2) is 0 Å². The largest absolute Gasteiger partial charge is 0.339 e. The number of piperidine rings is 1. The van der Waals surface area contributed by atoms with Gasteiger partial charge in [-0.15, -0.1) is 0 Å². The van der Waals surface area contributed by atoms with Crippen LogP contribution in [0.2, 0.25) is 0 Å². The molecular formula is C18H27N3O. The van der Waals surface area contributed by atoms with Gasteiger partial charge in [0, 0.05) is 18.6 Å². The van der Waals surface area contributed by atoms with E-state index in [4.69, 9.17) is 0 Å². The summed E-state index contributed by atoms with van der Waals surface area (Å²) in [7, 11) is 0. The van der Waals surface area contributed by atoms with E-state index in [0.29, 0.717) is 6.04 Å². The molecule has 1 aromatic carbocycles. The number of nitrogens with one attached hydrogen (secondary N) is 2.